The molecule has 6 nitrogen and oxygen atoms in total. The first kappa shape index (κ1) is 16.1. The van der Waals surface area contributed by atoms with Gasteiger partial charge in [-0.1, -0.05) is 48.5 Å². The highest BCUT2D eigenvalue weighted by molar-refractivity contribution is 5.86. The Bertz CT molecular complexity index is 1070. The van der Waals surface area contributed by atoms with Crippen molar-refractivity contribution in [2.45, 2.75) is 6.10 Å². The molecular formula is C21H18N4O2. The molecule has 1 atom stereocenters. The van der Waals surface area contributed by atoms with E-state index >= 15 is 0 Å². The minimum atomic E-state index is -0.261. The summed E-state index contributed by atoms with van der Waals surface area (Å²) in [7, 11) is 0. The third-order valence-electron chi connectivity index (χ3n) is 4.61. The zero-order valence-electron chi connectivity index (χ0n) is 14.7. The average molecular weight is 358 g/mol. The molecule has 1 saturated heterocycles. The van der Waals surface area contributed by atoms with Crippen LogP contribution in [0.5, 0.6) is 0 Å². The Morgan fingerprint density at radius 1 is 0.926 bits per heavy atom. The van der Waals surface area contributed by atoms with Crippen molar-refractivity contribution in [3.05, 3.63) is 72.7 Å². The van der Waals surface area contributed by atoms with E-state index in [0.29, 0.717) is 25.6 Å². The van der Waals surface area contributed by atoms with Crippen LogP contribution in [0.1, 0.15) is 11.9 Å². The maximum atomic E-state index is 5.92. The molecule has 5 rings (SSSR count). The molecule has 134 valence electrons. The molecule has 27 heavy (non-hydrogen) atoms. The average Bonchev–Trinajstić information content (AvgIpc) is 3.20. The Balaban J connectivity index is 1.71. The summed E-state index contributed by atoms with van der Waals surface area (Å²) in [5.74, 6) is 1.39. The molecule has 2 aromatic carbocycles. The van der Waals surface area contributed by atoms with Crippen LogP contribution in [0.4, 0.5) is 0 Å². The maximum absolute atomic E-state index is 5.92. The van der Waals surface area contributed by atoms with Crippen LogP contribution in [0, 0.1) is 0 Å². The van der Waals surface area contributed by atoms with Gasteiger partial charge in [-0.25, -0.2) is 9.67 Å². The predicted octanol–water partition coefficient (Wildman–Crippen LogP) is 3.57. The molecule has 0 aliphatic carbocycles. The van der Waals surface area contributed by atoms with Crippen molar-refractivity contribution >= 4 is 10.9 Å². The minimum Gasteiger partial charge on any atom is -0.376 e. The van der Waals surface area contributed by atoms with Gasteiger partial charge in [-0.3, -0.25) is 4.98 Å². The smallest absolute Gasteiger partial charge is 0.181 e. The van der Waals surface area contributed by atoms with Crippen molar-refractivity contribution < 1.29 is 9.47 Å². The van der Waals surface area contributed by atoms with Crippen molar-refractivity contribution in [3.63, 3.8) is 0 Å². The van der Waals surface area contributed by atoms with Gasteiger partial charge < -0.3 is 9.47 Å². The predicted molar refractivity (Wildman–Crippen MR) is 102 cm³/mol. The SMILES string of the molecule is c1ccc(-c2nc([C@@H]3COCCO3)n(-c3cccc4cccnc34)n2)cc1. The monoisotopic (exact) mass is 358 g/mol. The Morgan fingerprint density at radius 3 is 2.67 bits per heavy atom. The number of hydrogen-bond acceptors (Lipinski definition) is 5. The summed E-state index contributed by atoms with van der Waals surface area (Å²) < 4.78 is 13.4. The Kier molecular flexibility index (Phi) is 4.12. The molecule has 2 aromatic heterocycles. The number of benzene rings is 2. The first-order valence-corrected chi connectivity index (χ1v) is 8.96. The highest BCUT2D eigenvalue weighted by Gasteiger charge is 2.26. The van der Waals surface area contributed by atoms with E-state index in [9.17, 15) is 0 Å². The van der Waals surface area contributed by atoms with Gasteiger partial charge in [0.05, 0.1) is 31.0 Å². The van der Waals surface area contributed by atoms with Crippen LogP contribution in [0.2, 0.25) is 0 Å². The molecule has 6 heteroatoms. The molecule has 1 aliphatic rings. The second-order valence-corrected chi connectivity index (χ2v) is 6.36. The summed E-state index contributed by atoms with van der Waals surface area (Å²) in [5, 5.41) is 5.86. The van der Waals surface area contributed by atoms with Gasteiger partial charge in [-0.2, -0.15) is 0 Å². The van der Waals surface area contributed by atoms with Crippen molar-refractivity contribution in [1.29, 1.82) is 0 Å². The lowest BCUT2D eigenvalue weighted by atomic mass is 10.2. The lowest BCUT2D eigenvalue weighted by Crippen LogP contribution is -2.24. The third kappa shape index (κ3) is 2.99. The van der Waals surface area contributed by atoms with Crippen LogP contribution in [-0.4, -0.2) is 39.6 Å². The van der Waals surface area contributed by atoms with Gasteiger partial charge in [0, 0.05) is 17.1 Å². The van der Waals surface area contributed by atoms with Crippen molar-refractivity contribution in [2.24, 2.45) is 0 Å². The molecular weight excluding hydrogens is 340 g/mol. The summed E-state index contributed by atoms with van der Waals surface area (Å²) in [5.41, 5.74) is 2.72. The quantitative estimate of drug-likeness (QED) is 0.560. The van der Waals surface area contributed by atoms with E-state index in [-0.39, 0.29) is 6.10 Å². The molecule has 0 radical (unpaired) electrons. The molecule has 1 fully saturated rings. The van der Waals surface area contributed by atoms with E-state index < -0.39 is 0 Å². The van der Waals surface area contributed by atoms with Crippen LogP contribution in [0.3, 0.4) is 0 Å². The minimum absolute atomic E-state index is 0.261. The number of para-hydroxylation sites is 1. The molecule has 4 aromatic rings. The van der Waals surface area contributed by atoms with Crippen molar-refractivity contribution in [1.82, 2.24) is 19.7 Å². The number of nitrogens with zero attached hydrogens (tertiary/aromatic N) is 4. The highest BCUT2D eigenvalue weighted by Crippen LogP contribution is 2.28. The van der Waals surface area contributed by atoms with E-state index in [1.54, 1.807) is 6.20 Å². The molecule has 0 bridgehead atoms. The van der Waals surface area contributed by atoms with Gasteiger partial charge >= 0.3 is 0 Å². The number of ether oxygens (including phenoxy) is 2. The highest BCUT2D eigenvalue weighted by atomic mass is 16.6. The fourth-order valence-corrected chi connectivity index (χ4v) is 3.32. The fraction of sp³-hybridized carbons (Fsp3) is 0.190. The van der Waals surface area contributed by atoms with Gasteiger partial charge in [0.2, 0.25) is 0 Å². The van der Waals surface area contributed by atoms with Gasteiger partial charge in [0.1, 0.15) is 6.10 Å². The molecule has 0 unspecified atom stereocenters. The van der Waals surface area contributed by atoms with Gasteiger partial charge in [-0.05, 0) is 12.1 Å². The number of rotatable bonds is 3. The molecule has 0 spiro atoms. The number of fused-ring (bicyclic) bond motifs is 1. The first-order valence-electron chi connectivity index (χ1n) is 8.96. The normalized spacial score (nSPS) is 17.3. The molecule has 1 aliphatic heterocycles. The van der Waals surface area contributed by atoms with Crippen LogP contribution in [0.15, 0.2) is 66.9 Å². The summed E-state index contributed by atoms with van der Waals surface area (Å²) in [6.45, 7) is 1.61. The topological polar surface area (TPSA) is 62.1 Å². The van der Waals surface area contributed by atoms with Gasteiger partial charge in [0.25, 0.3) is 0 Å². The Labute approximate surface area is 156 Å². The maximum Gasteiger partial charge on any atom is 0.181 e. The second-order valence-electron chi connectivity index (χ2n) is 6.36. The number of pyridine rings is 1. The first-order chi connectivity index (χ1) is 13.4. The van der Waals surface area contributed by atoms with E-state index in [1.807, 2.05) is 65.3 Å². The van der Waals surface area contributed by atoms with Crippen molar-refractivity contribution in [3.8, 4) is 17.1 Å². The summed E-state index contributed by atoms with van der Waals surface area (Å²) >= 11 is 0. The third-order valence-corrected chi connectivity index (χ3v) is 4.61. The van der Waals surface area contributed by atoms with Gasteiger partial charge in [0.15, 0.2) is 11.6 Å². The molecule has 3 heterocycles. The van der Waals surface area contributed by atoms with E-state index in [2.05, 4.69) is 4.98 Å². The van der Waals surface area contributed by atoms with Crippen LogP contribution in [0.25, 0.3) is 28.0 Å². The van der Waals surface area contributed by atoms with Crippen LogP contribution >= 0.6 is 0 Å². The molecule has 0 saturated carbocycles. The lowest BCUT2D eigenvalue weighted by Gasteiger charge is -2.22. The van der Waals surface area contributed by atoms with Crippen LogP contribution in [-0.2, 0) is 9.47 Å². The zero-order chi connectivity index (χ0) is 18.1. The van der Waals surface area contributed by atoms with E-state index in [0.717, 1.165) is 28.0 Å². The Hall–Kier alpha value is -3.09. The lowest BCUT2D eigenvalue weighted by molar-refractivity contribution is -0.0942. The summed E-state index contributed by atoms with van der Waals surface area (Å²) in [6.07, 6.45) is 1.53. The van der Waals surface area contributed by atoms with E-state index in [4.69, 9.17) is 19.6 Å². The Morgan fingerprint density at radius 2 is 1.81 bits per heavy atom. The fourth-order valence-electron chi connectivity index (χ4n) is 3.32. The standard InChI is InChI=1S/C21H18N4O2/c1-2-6-16(7-3-1)20-23-21(18-14-26-12-13-27-18)25(24-20)17-10-4-8-15-9-5-11-22-19(15)17/h1-11,18H,12-14H2/t18-/m0/s1. The van der Waals surface area contributed by atoms with Crippen molar-refractivity contribution in [2.75, 3.05) is 19.8 Å². The largest absolute Gasteiger partial charge is 0.376 e. The van der Waals surface area contributed by atoms with Gasteiger partial charge in [-0.15, -0.1) is 5.10 Å². The van der Waals surface area contributed by atoms with E-state index in [1.165, 1.54) is 0 Å². The zero-order valence-corrected chi connectivity index (χ0v) is 14.7. The van der Waals surface area contributed by atoms with Crippen LogP contribution < -0.4 is 0 Å². The number of aromatic nitrogens is 4. The molecule has 0 N–H and O–H groups in total. The summed E-state index contributed by atoms with van der Waals surface area (Å²) in [6, 6.07) is 20.0. The second kappa shape index (κ2) is 6.90. The molecule has 0 amide bonds. The number of hydrogen-bond donors (Lipinski definition) is 0. The summed E-state index contributed by atoms with van der Waals surface area (Å²) in [4.78, 5) is 9.37.